The monoisotopic (exact) mass is 449 g/mol. The number of nitrogens with one attached hydrogen (secondary N) is 2. The number of carbonyl (C=O) groups excluding carboxylic acids is 1. The van der Waals surface area contributed by atoms with Crippen molar-refractivity contribution in [2.24, 2.45) is 5.41 Å². The Morgan fingerprint density at radius 3 is 2.41 bits per heavy atom. The van der Waals surface area contributed by atoms with Crippen LogP contribution in [0.4, 0.5) is 0 Å². The molecule has 5 nitrogen and oxygen atoms in total. The van der Waals surface area contributed by atoms with Crippen molar-refractivity contribution in [2.45, 2.75) is 26.7 Å². The van der Waals surface area contributed by atoms with Crippen LogP contribution in [0.15, 0.2) is 57.8 Å². The molecule has 0 fully saturated rings. The molecule has 0 amide bonds. The van der Waals surface area contributed by atoms with Crippen LogP contribution in [0.25, 0.3) is 28.0 Å². The number of halogens is 1. The molecule has 6 heteroatoms. The van der Waals surface area contributed by atoms with Gasteiger partial charge in [0.1, 0.15) is 0 Å². The zero-order valence-electron chi connectivity index (χ0n) is 16.2. The van der Waals surface area contributed by atoms with E-state index in [1.165, 1.54) is 0 Å². The van der Waals surface area contributed by atoms with Gasteiger partial charge in [-0.25, -0.2) is 4.79 Å². The summed E-state index contributed by atoms with van der Waals surface area (Å²) >= 11 is 3.49. The van der Waals surface area contributed by atoms with Crippen molar-refractivity contribution in [3.05, 3.63) is 74.7 Å². The summed E-state index contributed by atoms with van der Waals surface area (Å²) in [5, 5.41) is 0. The summed E-state index contributed by atoms with van der Waals surface area (Å²) < 4.78 is 3.18. The van der Waals surface area contributed by atoms with Crippen molar-refractivity contribution >= 4 is 32.7 Å². The Labute approximate surface area is 175 Å². The zero-order chi connectivity index (χ0) is 20.3. The number of carbonyl (C=O) groups is 1. The molecular formula is C23H20BrN3O2. The summed E-state index contributed by atoms with van der Waals surface area (Å²) in [6.07, 6.45) is 1.36. The van der Waals surface area contributed by atoms with Crippen LogP contribution in [-0.4, -0.2) is 20.3 Å². The number of rotatable bonds is 2. The average Bonchev–Trinajstić information content (AvgIpc) is 3.20. The van der Waals surface area contributed by atoms with Crippen LogP contribution >= 0.6 is 15.9 Å². The largest absolute Gasteiger partial charge is 0.323 e. The zero-order valence-corrected chi connectivity index (χ0v) is 17.8. The topological polar surface area (TPSA) is 70.7 Å². The van der Waals surface area contributed by atoms with Crippen molar-refractivity contribution in [2.75, 3.05) is 0 Å². The first kappa shape index (κ1) is 18.2. The minimum atomic E-state index is -0.226. The van der Waals surface area contributed by atoms with Crippen molar-refractivity contribution in [3.63, 3.8) is 0 Å². The van der Waals surface area contributed by atoms with Crippen LogP contribution in [0.1, 0.15) is 36.3 Å². The number of fused-ring (bicyclic) bond motifs is 2. The van der Waals surface area contributed by atoms with Gasteiger partial charge in [0.05, 0.1) is 16.7 Å². The number of ketones is 1. The second kappa shape index (κ2) is 6.32. The molecule has 2 N–H and O–H groups in total. The van der Waals surface area contributed by atoms with Gasteiger partial charge >= 0.3 is 5.69 Å². The lowest BCUT2D eigenvalue weighted by molar-refractivity contribution is 0.0911. The SMILES string of the molecule is CC1(C)CC(=O)c2cc(-c3ccc(Br)cc3)n(-c3ccc4[nH]c(=O)[nH]c4c3)c2C1. The van der Waals surface area contributed by atoms with Crippen molar-refractivity contribution in [1.82, 2.24) is 14.5 Å². The van der Waals surface area contributed by atoms with Gasteiger partial charge in [-0.3, -0.25) is 4.79 Å². The highest BCUT2D eigenvalue weighted by Gasteiger charge is 2.35. The number of benzene rings is 2. The Morgan fingerprint density at radius 2 is 1.66 bits per heavy atom. The molecule has 1 aliphatic carbocycles. The maximum absolute atomic E-state index is 12.9. The Hall–Kier alpha value is -2.86. The molecule has 2 heterocycles. The molecule has 0 radical (unpaired) electrons. The van der Waals surface area contributed by atoms with Crippen LogP contribution in [0.3, 0.4) is 0 Å². The molecule has 0 spiro atoms. The van der Waals surface area contributed by atoms with E-state index in [2.05, 4.69) is 44.3 Å². The molecule has 0 bridgehead atoms. The first-order valence-corrected chi connectivity index (χ1v) is 10.4. The van der Waals surface area contributed by atoms with Crippen LogP contribution in [-0.2, 0) is 6.42 Å². The average molecular weight is 450 g/mol. The maximum Gasteiger partial charge on any atom is 0.323 e. The normalized spacial score (nSPS) is 15.6. The molecule has 29 heavy (non-hydrogen) atoms. The fraction of sp³-hybridized carbons (Fsp3) is 0.217. The van der Waals surface area contributed by atoms with Gasteiger partial charge in [0, 0.05) is 27.8 Å². The Morgan fingerprint density at radius 1 is 0.931 bits per heavy atom. The lowest BCUT2D eigenvalue weighted by Gasteiger charge is -2.30. The summed E-state index contributed by atoms with van der Waals surface area (Å²) in [6.45, 7) is 4.27. The molecule has 1 aliphatic rings. The van der Waals surface area contributed by atoms with Crippen molar-refractivity contribution in [3.8, 4) is 16.9 Å². The van der Waals surface area contributed by atoms with E-state index in [0.717, 1.165) is 50.1 Å². The van der Waals surface area contributed by atoms with Crippen LogP contribution in [0.2, 0.25) is 0 Å². The van der Waals surface area contributed by atoms with Gasteiger partial charge in [0.2, 0.25) is 0 Å². The van der Waals surface area contributed by atoms with Crippen molar-refractivity contribution < 1.29 is 4.79 Å². The van der Waals surface area contributed by atoms with Gasteiger partial charge in [-0.1, -0.05) is 41.9 Å². The predicted octanol–water partition coefficient (Wildman–Crippen LogP) is 5.23. The molecule has 0 saturated heterocycles. The highest BCUT2D eigenvalue weighted by atomic mass is 79.9. The number of hydrogen-bond acceptors (Lipinski definition) is 2. The third-order valence-electron chi connectivity index (χ3n) is 5.59. The highest BCUT2D eigenvalue weighted by Crippen LogP contribution is 2.40. The smallest absolute Gasteiger partial charge is 0.313 e. The van der Waals surface area contributed by atoms with Crippen LogP contribution < -0.4 is 5.69 Å². The Balaban J connectivity index is 1.80. The quantitative estimate of drug-likeness (QED) is 0.439. The van der Waals surface area contributed by atoms with Crippen LogP contribution in [0, 0.1) is 5.41 Å². The summed E-state index contributed by atoms with van der Waals surface area (Å²) in [5.41, 5.74) is 5.96. The summed E-state index contributed by atoms with van der Waals surface area (Å²) in [4.78, 5) is 30.2. The van der Waals surface area contributed by atoms with E-state index in [4.69, 9.17) is 0 Å². The minimum Gasteiger partial charge on any atom is -0.313 e. The summed E-state index contributed by atoms with van der Waals surface area (Å²) in [5.74, 6) is 0.185. The van der Waals surface area contributed by atoms with E-state index >= 15 is 0 Å². The standard InChI is InChI=1S/C23H20BrN3O2/c1-23(2)11-20-16(21(28)12-23)10-19(13-3-5-14(24)6-4-13)27(20)15-7-8-17-18(9-15)26-22(29)25-17/h3-10H,11-12H2,1-2H3,(H2,25,26,29). The van der Waals surface area contributed by atoms with E-state index in [1.807, 2.05) is 48.5 Å². The van der Waals surface area contributed by atoms with E-state index in [9.17, 15) is 9.59 Å². The Bertz CT molecular complexity index is 1320. The van der Waals surface area contributed by atoms with E-state index in [1.54, 1.807) is 0 Å². The first-order chi connectivity index (χ1) is 13.8. The molecule has 0 aliphatic heterocycles. The second-order valence-electron chi connectivity index (χ2n) is 8.48. The molecule has 146 valence electrons. The third-order valence-corrected chi connectivity index (χ3v) is 6.11. The number of imidazole rings is 1. The molecule has 0 atom stereocenters. The molecule has 2 aromatic heterocycles. The molecule has 5 rings (SSSR count). The van der Waals surface area contributed by atoms with Gasteiger partial charge in [0.25, 0.3) is 0 Å². The fourth-order valence-electron chi connectivity index (χ4n) is 4.30. The fourth-order valence-corrected chi connectivity index (χ4v) is 4.56. The van der Waals surface area contributed by atoms with Gasteiger partial charge in [0.15, 0.2) is 5.78 Å². The Kier molecular flexibility index (Phi) is 3.96. The lowest BCUT2D eigenvalue weighted by atomic mass is 9.76. The molecule has 4 aromatic rings. The number of hydrogen-bond donors (Lipinski definition) is 2. The highest BCUT2D eigenvalue weighted by molar-refractivity contribution is 9.10. The second-order valence-corrected chi connectivity index (χ2v) is 9.40. The van der Waals surface area contributed by atoms with Gasteiger partial charge in [-0.15, -0.1) is 0 Å². The number of aromatic amines is 2. The molecule has 0 unspecified atom stereocenters. The molecule has 2 aromatic carbocycles. The van der Waals surface area contributed by atoms with E-state index in [-0.39, 0.29) is 16.9 Å². The third kappa shape index (κ3) is 3.08. The first-order valence-electron chi connectivity index (χ1n) is 9.57. The number of nitrogens with zero attached hydrogens (tertiary/aromatic N) is 1. The minimum absolute atomic E-state index is 0.0936. The van der Waals surface area contributed by atoms with E-state index < -0.39 is 0 Å². The number of aromatic nitrogens is 3. The summed E-state index contributed by atoms with van der Waals surface area (Å²) in [7, 11) is 0. The predicted molar refractivity (Wildman–Crippen MR) is 118 cm³/mol. The molecule has 0 saturated carbocycles. The number of H-pyrrole nitrogens is 2. The summed E-state index contributed by atoms with van der Waals surface area (Å²) in [6, 6.07) is 16.0. The van der Waals surface area contributed by atoms with Gasteiger partial charge in [-0.2, -0.15) is 0 Å². The lowest BCUT2D eigenvalue weighted by Crippen LogP contribution is -2.27. The van der Waals surface area contributed by atoms with Crippen molar-refractivity contribution in [1.29, 1.82) is 0 Å². The molecular weight excluding hydrogens is 430 g/mol. The van der Waals surface area contributed by atoms with E-state index in [0.29, 0.717) is 6.42 Å². The van der Waals surface area contributed by atoms with Crippen LogP contribution in [0.5, 0.6) is 0 Å². The number of Topliss-reactive ketones (excluding diaryl/α,β-unsaturated/α-hetero) is 1. The van der Waals surface area contributed by atoms with Gasteiger partial charge in [-0.05, 0) is 53.8 Å². The maximum atomic E-state index is 12.9. The van der Waals surface area contributed by atoms with Gasteiger partial charge < -0.3 is 14.5 Å².